The molecule has 2 aromatic heterocycles. The van der Waals surface area contributed by atoms with E-state index in [-0.39, 0.29) is 35.2 Å². The van der Waals surface area contributed by atoms with Crippen LogP contribution in [0, 0.1) is 18.6 Å². The molecule has 6 rings (SSSR count). The Kier molecular flexibility index (Phi) is 12.4. The maximum absolute atomic E-state index is 16.0. The fraction of sp³-hybridized carbons (Fsp3) is 0.606. The van der Waals surface area contributed by atoms with Crippen LogP contribution < -0.4 is 25.8 Å². The van der Waals surface area contributed by atoms with Gasteiger partial charge in [0, 0.05) is 24.7 Å². The van der Waals surface area contributed by atoms with Crippen LogP contribution in [0.15, 0.2) is 6.07 Å². The maximum atomic E-state index is 16.0. The standard InChI is InChI=1S/C23H25F5N6O2.C8H15N.C2H6/c1-4-35-22-33-19-14-20(34-22)31-8-7-30-6-5-10(2)36-21(14)32-18(17(19)25)12-9-13(29)16(24)11(3)15(12)23(26,27)28;1-2-6-9-7-3-5-8(9)4-1;1-2/h9-10,30H,4-8,29H2,1-3H3,(H,31,33,34);8H,1-7H2;1-2H3. The van der Waals surface area contributed by atoms with Crippen LogP contribution in [0.5, 0.6) is 11.9 Å². The van der Waals surface area contributed by atoms with Crippen LogP contribution in [0.1, 0.15) is 77.3 Å². The van der Waals surface area contributed by atoms with Crippen molar-refractivity contribution in [2.45, 2.75) is 91.5 Å². The Morgan fingerprint density at radius 2 is 1.72 bits per heavy atom. The third-order valence-corrected chi connectivity index (χ3v) is 8.44. The topological polar surface area (TPSA) is 110 Å². The summed E-state index contributed by atoms with van der Waals surface area (Å²) in [4.78, 5) is 15.2. The molecule has 0 bridgehead atoms. The second kappa shape index (κ2) is 16.1. The molecule has 0 spiro atoms. The molecule has 0 radical (unpaired) electrons. The number of piperidine rings is 1. The van der Waals surface area contributed by atoms with Gasteiger partial charge in [-0.05, 0) is 84.1 Å². The van der Waals surface area contributed by atoms with Gasteiger partial charge in [0.15, 0.2) is 5.82 Å². The Morgan fingerprint density at radius 3 is 2.43 bits per heavy atom. The van der Waals surface area contributed by atoms with E-state index < -0.39 is 52.0 Å². The van der Waals surface area contributed by atoms with Gasteiger partial charge in [0.05, 0.1) is 24.0 Å². The largest absolute Gasteiger partial charge is 0.474 e. The Balaban J connectivity index is 0.000000383. The molecule has 1 aromatic carbocycles. The van der Waals surface area contributed by atoms with Crippen molar-refractivity contribution in [1.82, 2.24) is 25.2 Å². The van der Waals surface area contributed by atoms with E-state index in [1.165, 1.54) is 45.2 Å². The van der Waals surface area contributed by atoms with Crippen LogP contribution in [-0.2, 0) is 6.18 Å². The highest BCUT2D eigenvalue weighted by atomic mass is 19.4. The van der Waals surface area contributed by atoms with Gasteiger partial charge in [0.1, 0.15) is 28.2 Å². The minimum absolute atomic E-state index is 0.0498. The number of hydrogen-bond donors (Lipinski definition) is 3. The van der Waals surface area contributed by atoms with Gasteiger partial charge < -0.3 is 30.7 Å². The van der Waals surface area contributed by atoms with E-state index in [9.17, 15) is 17.6 Å². The SMILES string of the molecule is C1CCN2CCCC2C1.CC.CCOc1nc2c3c(nc(-c4cc(N)c(F)c(C)c4C(F)(F)F)c(F)c3n1)OC(C)CCNCCN2. The number of halogens is 5. The minimum atomic E-state index is -5.02. The summed E-state index contributed by atoms with van der Waals surface area (Å²) in [5, 5.41) is 6.32. The predicted octanol–water partition coefficient (Wildman–Crippen LogP) is 7.11. The zero-order valence-electron chi connectivity index (χ0n) is 27.8. The Labute approximate surface area is 272 Å². The molecule has 2 unspecified atom stereocenters. The summed E-state index contributed by atoms with van der Waals surface area (Å²) >= 11 is 0. The smallest absolute Gasteiger partial charge is 0.417 e. The van der Waals surface area contributed by atoms with Gasteiger partial charge in [0.25, 0.3) is 0 Å². The van der Waals surface area contributed by atoms with Crippen LogP contribution in [0.4, 0.5) is 33.5 Å². The number of nitrogens with zero attached hydrogens (tertiary/aromatic N) is 4. The second-order valence-electron chi connectivity index (χ2n) is 11.6. The minimum Gasteiger partial charge on any atom is -0.474 e. The van der Waals surface area contributed by atoms with Crippen molar-refractivity contribution in [3.05, 3.63) is 28.8 Å². The van der Waals surface area contributed by atoms with Crippen molar-refractivity contribution < 1.29 is 31.4 Å². The molecule has 0 amide bonds. The summed E-state index contributed by atoms with van der Waals surface area (Å²) in [6, 6.07) is 1.53. The van der Waals surface area contributed by atoms with Gasteiger partial charge >= 0.3 is 12.2 Å². The zero-order valence-corrected chi connectivity index (χ0v) is 27.8. The first-order valence-electron chi connectivity index (χ1n) is 16.5. The van der Waals surface area contributed by atoms with E-state index >= 15 is 4.39 Å². The molecule has 0 saturated carbocycles. The van der Waals surface area contributed by atoms with Crippen LogP contribution >= 0.6 is 0 Å². The predicted molar refractivity (Wildman–Crippen MR) is 174 cm³/mol. The van der Waals surface area contributed by atoms with Crippen LogP contribution in [0.3, 0.4) is 0 Å². The van der Waals surface area contributed by atoms with Crippen molar-refractivity contribution >= 4 is 22.4 Å². The molecular formula is C33H46F5N7O2. The fourth-order valence-corrected chi connectivity index (χ4v) is 6.24. The highest BCUT2D eigenvalue weighted by Gasteiger charge is 2.39. The molecule has 2 fully saturated rings. The van der Waals surface area contributed by atoms with E-state index in [4.69, 9.17) is 15.2 Å². The number of pyridine rings is 1. The molecule has 14 heteroatoms. The number of aromatic nitrogens is 3. The Bertz CT molecular complexity index is 1510. The summed E-state index contributed by atoms with van der Waals surface area (Å²) < 4.78 is 83.9. The molecule has 2 saturated heterocycles. The molecule has 9 nitrogen and oxygen atoms in total. The first kappa shape index (κ1) is 36.3. The molecule has 2 atom stereocenters. The highest BCUT2D eigenvalue weighted by Crippen LogP contribution is 2.44. The monoisotopic (exact) mass is 667 g/mol. The normalized spacial score (nSPS) is 20.0. The lowest BCUT2D eigenvalue weighted by molar-refractivity contribution is -0.137. The van der Waals surface area contributed by atoms with Crippen molar-refractivity contribution in [3.63, 3.8) is 0 Å². The van der Waals surface area contributed by atoms with Crippen molar-refractivity contribution in [3.8, 4) is 23.1 Å². The third-order valence-electron chi connectivity index (χ3n) is 8.44. The lowest BCUT2D eigenvalue weighted by Crippen LogP contribution is -2.33. The van der Waals surface area contributed by atoms with E-state index in [0.29, 0.717) is 26.1 Å². The molecule has 3 aromatic rings. The van der Waals surface area contributed by atoms with Crippen LogP contribution in [-0.4, -0.2) is 71.3 Å². The zero-order chi connectivity index (χ0) is 34.3. The molecule has 5 heterocycles. The number of fused-ring (bicyclic) bond motifs is 1. The average Bonchev–Trinajstić information content (AvgIpc) is 3.51. The molecule has 3 aliphatic heterocycles. The summed E-state index contributed by atoms with van der Waals surface area (Å²) in [5.74, 6) is -2.44. The second-order valence-corrected chi connectivity index (χ2v) is 11.6. The molecule has 0 aliphatic carbocycles. The number of rotatable bonds is 3. The van der Waals surface area contributed by atoms with Crippen molar-refractivity contribution in [1.29, 1.82) is 0 Å². The summed E-state index contributed by atoms with van der Waals surface area (Å²) in [5.41, 5.74) is 1.08. The molecule has 260 valence electrons. The van der Waals surface area contributed by atoms with Gasteiger partial charge in [-0.15, -0.1) is 0 Å². The lowest BCUT2D eigenvalue weighted by Gasteiger charge is -2.28. The summed E-state index contributed by atoms with van der Waals surface area (Å²) in [6.45, 7) is 12.9. The number of nitrogens with one attached hydrogen (secondary N) is 2. The average molecular weight is 668 g/mol. The quantitative estimate of drug-likeness (QED) is 0.199. The fourth-order valence-electron chi connectivity index (χ4n) is 6.24. The first-order chi connectivity index (χ1) is 22.5. The van der Waals surface area contributed by atoms with E-state index in [1.807, 2.05) is 13.8 Å². The van der Waals surface area contributed by atoms with Gasteiger partial charge in [0.2, 0.25) is 5.88 Å². The van der Waals surface area contributed by atoms with Gasteiger partial charge in [-0.1, -0.05) is 20.3 Å². The maximum Gasteiger partial charge on any atom is 0.417 e. The van der Waals surface area contributed by atoms with Crippen molar-refractivity contribution in [2.24, 2.45) is 0 Å². The van der Waals surface area contributed by atoms with Gasteiger partial charge in [-0.2, -0.15) is 23.1 Å². The molecule has 3 aliphatic rings. The highest BCUT2D eigenvalue weighted by molar-refractivity contribution is 5.96. The molecule has 47 heavy (non-hydrogen) atoms. The number of ether oxygens (including phenoxy) is 2. The van der Waals surface area contributed by atoms with Crippen LogP contribution in [0.25, 0.3) is 22.2 Å². The van der Waals surface area contributed by atoms with E-state index in [2.05, 4.69) is 30.5 Å². The van der Waals surface area contributed by atoms with Gasteiger partial charge in [-0.25, -0.2) is 13.8 Å². The number of benzene rings is 1. The van der Waals surface area contributed by atoms with E-state index in [0.717, 1.165) is 19.0 Å². The Morgan fingerprint density at radius 1 is 1.00 bits per heavy atom. The number of anilines is 2. The summed E-state index contributed by atoms with van der Waals surface area (Å²) in [6.07, 6.45) is 2.46. The number of nitrogen functional groups attached to an aromatic ring is 1. The van der Waals surface area contributed by atoms with Crippen LogP contribution in [0.2, 0.25) is 0 Å². The first-order valence-corrected chi connectivity index (χ1v) is 16.5. The Hall–Kier alpha value is -3.52. The van der Waals surface area contributed by atoms with Crippen molar-refractivity contribution in [2.75, 3.05) is 50.4 Å². The summed E-state index contributed by atoms with van der Waals surface area (Å²) in [7, 11) is 0. The number of nitrogens with two attached hydrogens (primary N) is 1. The third kappa shape index (κ3) is 8.32. The number of alkyl halides is 3. The molecule has 4 N–H and O–H groups in total. The van der Waals surface area contributed by atoms with E-state index in [1.54, 1.807) is 13.8 Å². The molecular weight excluding hydrogens is 621 g/mol. The van der Waals surface area contributed by atoms with Gasteiger partial charge in [-0.3, -0.25) is 0 Å². The lowest BCUT2D eigenvalue weighted by atomic mass is 9.96. The number of hydrogen-bond acceptors (Lipinski definition) is 9.